The molecule has 0 aromatic heterocycles. The van der Waals surface area contributed by atoms with Gasteiger partial charge >= 0.3 is 5.97 Å². The predicted molar refractivity (Wildman–Crippen MR) is 60.6 cm³/mol. The molecule has 0 rings (SSSR count). The van der Waals surface area contributed by atoms with Gasteiger partial charge in [-0.3, -0.25) is 9.59 Å². The number of carbonyl (C=O) groups is 2. The second-order valence-electron chi connectivity index (χ2n) is 3.29. The molecular formula is C10H15NO3S. The van der Waals surface area contributed by atoms with E-state index in [2.05, 4.69) is 11.2 Å². The largest absolute Gasteiger partial charge is 0.480 e. The first-order chi connectivity index (χ1) is 6.99. The Morgan fingerprint density at radius 2 is 2.13 bits per heavy atom. The minimum atomic E-state index is -0.889. The molecule has 0 saturated carbocycles. The van der Waals surface area contributed by atoms with Crippen LogP contribution in [-0.4, -0.2) is 34.5 Å². The van der Waals surface area contributed by atoms with E-state index < -0.39 is 11.2 Å². The first-order valence-electron chi connectivity index (χ1n) is 4.53. The lowest BCUT2D eigenvalue weighted by Gasteiger charge is -2.14. The van der Waals surface area contributed by atoms with Crippen LogP contribution in [0.15, 0.2) is 0 Å². The summed E-state index contributed by atoms with van der Waals surface area (Å²) in [5, 5.41) is 10.8. The second kappa shape index (κ2) is 7.18. The summed E-state index contributed by atoms with van der Waals surface area (Å²) >= 11 is 1.12. The number of terminal acetylenes is 1. The van der Waals surface area contributed by atoms with Crippen LogP contribution < -0.4 is 5.32 Å². The van der Waals surface area contributed by atoms with Gasteiger partial charge in [-0.05, 0) is 5.92 Å². The average molecular weight is 229 g/mol. The standard InChI is InChI=1S/C10H15NO3S/c1-4-5-11-8(12)6-15-9(7(2)3)10(13)14/h1,7,9H,5-6H2,2-3H3,(H,11,12)(H,13,14). The highest BCUT2D eigenvalue weighted by atomic mass is 32.2. The van der Waals surface area contributed by atoms with Crippen molar-refractivity contribution in [3.63, 3.8) is 0 Å². The first kappa shape index (κ1) is 13.8. The molecule has 84 valence electrons. The van der Waals surface area contributed by atoms with Gasteiger partial charge in [0.25, 0.3) is 0 Å². The molecule has 0 aliphatic rings. The number of thioether (sulfide) groups is 1. The van der Waals surface area contributed by atoms with Crippen molar-refractivity contribution in [1.82, 2.24) is 5.32 Å². The van der Waals surface area contributed by atoms with E-state index in [1.165, 1.54) is 0 Å². The van der Waals surface area contributed by atoms with Crippen LogP contribution in [0, 0.1) is 18.3 Å². The van der Waals surface area contributed by atoms with E-state index >= 15 is 0 Å². The maximum absolute atomic E-state index is 11.1. The Hall–Kier alpha value is -1.15. The van der Waals surface area contributed by atoms with Gasteiger partial charge in [0.2, 0.25) is 5.91 Å². The average Bonchev–Trinajstić information content (AvgIpc) is 2.13. The third-order valence-electron chi connectivity index (χ3n) is 1.63. The van der Waals surface area contributed by atoms with Crippen LogP contribution in [0.2, 0.25) is 0 Å². The Bertz CT molecular complexity index is 270. The Labute approximate surface area is 93.8 Å². The third-order valence-corrected chi connectivity index (χ3v) is 3.16. The lowest BCUT2D eigenvalue weighted by atomic mass is 10.1. The molecule has 0 bridgehead atoms. The summed E-state index contributed by atoms with van der Waals surface area (Å²) in [6, 6.07) is 0. The lowest BCUT2D eigenvalue weighted by Crippen LogP contribution is -2.29. The van der Waals surface area contributed by atoms with Crippen LogP contribution in [0.4, 0.5) is 0 Å². The zero-order chi connectivity index (χ0) is 11.8. The minimum absolute atomic E-state index is 0.00654. The van der Waals surface area contributed by atoms with Crippen LogP contribution in [0.5, 0.6) is 0 Å². The summed E-state index contributed by atoms with van der Waals surface area (Å²) in [4.78, 5) is 21.9. The van der Waals surface area contributed by atoms with Crippen molar-refractivity contribution in [2.75, 3.05) is 12.3 Å². The summed E-state index contributed by atoms with van der Waals surface area (Å²) in [5.74, 6) is 1.27. The number of carboxylic acid groups (broad SMARTS) is 1. The Kier molecular flexibility index (Phi) is 6.63. The zero-order valence-corrected chi connectivity index (χ0v) is 9.63. The molecular weight excluding hydrogens is 214 g/mol. The third kappa shape index (κ3) is 6.02. The molecule has 1 amide bonds. The maximum Gasteiger partial charge on any atom is 0.316 e. The summed E-state index contributed by atoms with van der Waals surface area (Å²) in [7, 11) is 0. The molecule has 0 spiro atoms. The van der Waals surface area contributed by atoms with Gasteiger partial charge in [-0.25, -0.2) is 0 Å². The molecule has 4 nitrogen and oxygen atoms in total. The minimum Gasteiger partial charge on any atom is -0.480 e. The van der Waals surface area contributed by atoms with Gasteiger partial charge in [0.15, 0.2) is 0 Å². The molecule has 0 saturated heterocycles. The van der Waals surface area contributed by atoms with Gasteiger partial charge in [-0.15, -0.1) is 18.2 Å². The number of carboxylic acids is 1. The van der Waals surface area contributed by atoms with Crippen molar-refractivity contribution in [2.45, 2.75) is 19.1 Å². The number of rotatable bonds is 6. The summed E-state index contributed by atoms with van der Waals surface area (Å²) < 4.78 is 0. The summed E-state index contributed by atoms with van der Waals surface area (Å²) in [6.07, 6.45) is 4.96. The van der Waals surface area contributed by atoms with Crippen LogP contribution in [0.3, 0.4) is 0 Å². The molecule has 0 aliphatic heterocycles. The van der Waals surface area contributed by atoms with Crippen LogP contribution in [0.1, 0.15) is 13.8 Å². The molecule has 1 unspecified atom stereocenters. The molecule has 0 aromatic carbocycles. The fourth-order valence-corrected chi connectivity index (χ4v) is 1.88. The van der Waals surface area contributed by atoms with Crippen molar-refractivity contribution in [1.29, 1.82) is 0 Å². The lowest BCUT2D eigenvalue weighted by molar-refractivity contribution is -0.137. The predicted octanol–water partition coefficient (Wildman–Crippen LogP) is 0.578. The smallest absolute Gasteiger partial charge is 0.316 e. The van der Waals surface area contributed by atoms with E-state index in [1.807, 2.05) is 13.8 Å². The van der Waals surface area contributed by atoms with Gasteiger partial charge in [0.05, 0.1) is 12.3 Å². The normalized spacial score (nSPS) is 11.9. The van der Waals surface area contributed by atoms with Crippen molar-refractivity contribution < 1.29 is 14.7 Å². The fraction of sp³-hybridized carbons (Fsp3) is 0.600. The van der Waals surface area contributed by atoms with Gasteiger partial charge in [0.1, 0.15) is 5.25 Å². The van der Waals surface area contributed by atoms with E-state index in [-0.39, 0.29) is 24.1 Å². The highest BCUT2D eigenvalue weighted by Crippen LogP contribution is 2.19. The Morgan fingerprint density at radius 3 is 2.53 bits per heavy atom. The van der Waals surface area contributed by atoms with E-state index in [4.69, 9.17) is 11.5 Å². The molecule has 0 heterocycles. The number of hydrogen-bond donors (Lipinski definition) is 2. The van der Waals surface area contributed by atoms with Gasteiger partial charge in [-0.2, -0.15) is 0 Å². The number of hydrogen-bond acceptors (Lipinski definition) is 3. The monoisotopic (exact) mass is 229 g/mol. The number of aliphatic carboxylic acids is 1. The van der Waals surface area contributed by atoms with Gasteiger partial charge < -0.3 is 10.4 Å². The first-order valence-corrected chi connectivity index (χ1v) is 5.58. The number of nitrogens with one attached hydrogen (secondary N) is 1. The van der Waals surface area contributed by atoms with Crippen LogP contribution in [-0.2, 0) is 9.59 Å². The molecule has 1 atom stereocenters. The molecule has 0 aliphatic carbocycles. The topological polar surface area (TPSA) is 66.4 Å². The zero-order valence-electron chi connectivity index (χ0n) is 8.82. The maximum atomic E-state index is 11.1. The van der Waals surface area contributed by atoms with Crippen LogP contribution >= 0.6 is 11.8 Å². The summed E-state index contributed by atoms with van der Waals surface area (Å²) in [6.45, 7) is 3.80. The quantitative estimate of drug-likeness (QED) is 0.654. The Morgan fingerprint density at radius 1 is 1.53 bits per heavy atom. The van der Waals surface area contributed by atoms with Crippen molar-refractivity contribution in [3.8, 4) is 12.3 Å². The fourth-order valence-electron chi connectivity index (χ4n) is 0.915. The molecule has 15 heavy (non-hydrogen) atoms. The molecule has 0 fully saturated rings. The molecule has 0 radical (unpaired) electrons. The molecule has 2 N–H and O–H groups in total. The van der Waals surface area contributed by atoms with E-state index in [0.29, 0.717) is 0 Å². The van der Waals surface area contributed by atoms with Gasteiger partial charge in [-0.1, -0.05) is 19.8 Å². The molecule has 0 aromatic rings. The highest BCUT2D eigenvalue weighted by molar-refractivity contribution is 8.01. The highest BCUT2D eigenvalue weighted by Gasteiger charge is 2.22. The second-order valence-corrected chi connectivity index (χ2v) is 4.42. The molecule has 5 heteroatoms. The van der Waals surface area contributed by atoms with Crippen LogP contribution in [0.25, 0.3) is 0 Å². The van der Waals surface area contributed by atoms with Crippen molar-refractivity contribution in [2.24, 2.45) is 5.92 Å². The van der Waals surface area contributed by atoms with E-state index in [1.54, 1.807) is 0 Å². The Balaban J connectivity index is 3.96. The van der Waals surface area contributed by atoms with Gasteiger partial charge in [0, 0.05) is 0 Å². The number of carbonyl (C=O) groups excluding carboxylic acids is 1. The SMILES string of the molecule is C#CCNC(=O)CSC(C(=O)O)C(C)C. The van der Waals surface area contributed by atoms with Crippen molar-refractivity contribution >= 4 is 23.6 Å². The number of amides is 1. The van der Waals surface area contributed by atoms with E-state index in [9.17, 15) is 9.59 Å². The van der Waals surface area contributed by atoms with E-state index in [0.717, 1.165) is 11.8 Å². The summed E-state index contributed by atoms with van der Waals surface area (Å²) in [5.41, 5.74) is 0. The van der Waals surface area contributed by atoms with Crippen molar-refractivity contribution in [3.05, 3.63) is 0 Å².